The van der Waals surface area contributed by atoms with Gasteiger partial charge in [-0.2, -0.15) is 0 Å². The summed E-state index contributed by atoms with van der Waals surface area (Å²) in [6, 6.07) is 0. The molecule has 1 heterocycles. The Kier molecular flexibility index (Phi) is 3.79. The molecule has 0 bridgehead atoms. The SMILES string of the molecule is CNC(CN)N1CCNCC1. The zero-order valence-corrected chi connectivity index (χ0v) is 7.14. The van der Waals surface area contributed by atoms with Crippen LogP contribution in [-0.4, -0.2) is 50.8 Å². The summed E-state index contributed by atoms with van der Waals surface area (Å²) in [5.74, 6) is 0. The monoisotopic (exact) mass is 158 g/mol. The molecule has 0 saturated carbocycles. The molecule has 4 N–H and O–H groups in total. The highest BCUT2D eigenvalue weighted by Crippen LogP contribution is 1.95. The number of hydrogen-bond acceptors (Lipinski definition) is 4. The van der Waals surface area contributed by atoms with Crippen LogP contribution in [0.15, 0.2) is 0 Å². The molecule has 66 valence electrons. The predicted molar refractivity (Wildman–Crippen MR) is 46.3 cm³/mol. The third-order valence-electron chi connectivity index (χ3n) is 2.15. The molecule has 1 fully saturated rings. The van der Waals surface area contributed by atoms with Crippen LogP contribution in [0, 0.1) is 0 Å². The van der Waals surface area contributed by atoms with Crippen molar-refractivity contribution in [1.82, 2.24) is 15.5 Å². The van der Waals surface area contributed by atoms with Gasteiger partial charge in [0, 0.05) is 32.7 Å². The van der Waals surface area contributed by atoms with Gasteiger partial charge in [-0.3, -0.25) is 4.90 Å². The molecule has 1 saturated heterocycles. The molecule has 4 heteroatoms. The van der Waals surface area contributed by atoms with E-state index >= 15 is 0 Å². The van der Waals surface area contributed by atoms with Gasteiger partial charge in [-0.15, -0.1) is 0 Å². The fraction of sp³-hybridized carbons (Fsp3) is 1.00. The first-order valence-electron chi connectivity index (χ1n) is 4.20. The Bertz CT molecular complexity index is 96.6. The second-order valence-electron chi connectivity index (χ2n) is 2.83. The zero-order chi connectivity index (χ0) is 8.10. The van der Waals surface area contributed by atoms with Gasteiger partial charge in [0.25, 0.3) is 0 Å². The third kappa shape index (κ3) is 2.41. The number of hydrogen-bond donors (Lipinski definition) is 3. The Labute approximate surface area is 68.1 Å². The number of nitrogens with zero attached hydrogens (tertiary/aromatic N) is 1. The van der Waals surface area contributed by atoms with Crippen LogP contribution in [0.4, 0.5) is 0 Å². The first kappa shape index (κ1) is 8.93. The molecule has 1 unspecified atom stereocenters. The van der Waals surface area contributed by atoms with Crippen LogP contribution < -0.4 is 16.4 Å². The molecule has 0 aromatic heterocycles. The Morgan fingerprint density at radius 3 is 2.64 bits per heavy atom. The molecule has 0 spiro atoms. The van der Waals surface area contributed by atoms with E-state index < -0.39 is 0 Å². The molecular formula is C7H18N4. The van der Waals surface area contributed by atoms with Gasteiger partial charge in [0.1, 0.15) is 0 Å². The van der Waals surface area contributed by atoms with Gasteiger partial charge in [-0.25, -0.2) is 0 Å². The molecule has 0 aliphatic carbocycles. The van der Waals surface area contributed by atoms with Crippen molar-refractivity contribution in [3.8, 4) is 0 Å². The molecule has 1 atom stereocenters. The quantitative estimate of drug-likeness (QED) is 0.463. The Balaban J connectivity index is 2.30. The van der Waals surface area contributed by atoms with E-state index in [0.717, 1.165) is 26.2 Å². The fourth-order valence-corrected chi connectivity index (χ4v) is 1.44. The van der Waals surface area contributed by atoms with Crippen LogP contribution in [0.5, 0.6) is 0 Å². The molecule has 1 aliphatic rings. The van der Waals surface area contributed by atoms with E-state index in [9.17, 15) is 0 Å². The minimum atomic E-state index is 0.358. The van der Waals surface area contributed by atoms with Crippen molar-refractivity contribution in [2.45, 2.75) is 6.17 Å². The Morgan fingerprint density at radius 1 is 1.55 bits per heavy atom. The van der Waals surface area contributed by atoms with Gasteiger partial charge in [-0.1, -0.05) is 0 Å². The second kappa shape index (κ2) is 4.66. The molecule has 0 aromatic rings. The first-order chi connectivity index (χ1) is 5.38. The molecular weight excluding hydrogens is 140 g/mol. The minimum Gasteiger partial charge on any atom is -0.328 e. The zero-order valence-electron chi connectivity index (χ0n) is 7.14. The summed E-state index contributed by atoms with van der Waals surface area (Å²) in [6.07, 6.45) is 0.358. The van der Waals surface area contributed by atoms with Crippen LogP contribution in [-0.2, 0) is 0 Å². The van der Waals surface area contributed by atoms with Gasteiger partial charge in [0.15, 0.2) is 0 Å². The number of rotatable bonds is 3. The summed E-state index contributed by atoms with van der Waals surface area (Å²) in [5, 5.41) is 6.50. The van der Waals surface area contributed by atoms with Crippen molar-refractivity contribution < 1.29 is 0 Å². The number of nitrogens with two attached hydrogens (primary N) is 1. The van der Waals surface area contributed by atoms with Crippen molar-refractivity contribution in [3.63, 3.8) is 0 Å². The van der Waals surface area contributed by atoms with Crippen molar-refractivity contribution in [1.29, 1.82) is 0 Å². The van der Waals surface area contributed by atoms with E-state index in [2.05, 4.69) is 15.5 Å². The topological polar surface area (TPSA) is 53.3 Å². The Morgan fingerprint density at radius 2 is 2.18 bits per heavy atom. The van der Waals surface area contributed by atoms with Gasteiger partial charge in [0.05, 0.1) is 6.17 Å². The average molecular weight is 158 g/mol. The lowest BCUT2D eigenvalue weighted by Gasteiger charge is -2.33. The van der Waals surface area contributed by atoms with Crippen molar-refractivity contribution >= 4 is 0 Å². The highest BCUT2D eigenvalue weighted by atomic mass is 15.3. The highest BCUT2D eigenvalue weighted by Gasteiger charge is 2.16. The van der Waals surface area contributed by atoms with E-state index in [0.29, 0.717) is 12.7 Å². The molecule has 4 nitrogen and oxygen atoms in total. The van der Waals surface area contributed by atoms with E-state index in [1.165, 1.54) is 0 Å². The number of piperazine rings is 1. The summed E-state index contributed by atoms with van der Waals surface area (Å²) in [6.45, 7) is 5.05. The van der Waals surface area contributed by atoms with E-state index in [1.807, 2.05) is 7.05 Å². The van der Waals surface area contributed by atoms with Gasteiger partial charge >= 0.3 is 0 Å². The molecule has 1 rings (SSSR count). The molecule has 1 aliphatic heterocycles. The smallest absolute Gasteiger partial charge is 0.0722 e. The minimum absolute atomic E-state index is 0.358. The summed E-state index contributed by atoms with van der Waals surface area (Å²) < 4.78 is 0. The maximum Gasteiger partial charge on any atom is 0.0722 e. The third-order valence-corrected chi connectivity index (χ3v) is 2.15. The van der Waals surface area contributed by atoms with Crippen molar-refractivity contribution in [3.05, 3.63) is 0 Å². The van der Waals surface area contributed by atoms with Gasteiger partial charge < -0.3 is 16.4 Å². The molecule has 0 radical (unpaired) electrons. The summed E-state index contributed by atoms with van der Waals surface area (Å²) in [5.41, 5.74) is 5.59. The summed E-state index contributed by atoms with van der Waals surface area (Å²) >= 11 is 0. The standard InChI is InChI=1S/C7H18N4/c1-9-7(6-8)11-4-2-10-3-5-11/h7,9-10H,2-6,8H2,1H3. The van der Waals surface area contributed by atoms with E-state index in [4.69, 9.17) is 5.73 Å². The normalized spacial score (nSPS) is 23.5. The van der Waals surface area contributed by atoms with Gasteiger partial charge in [-0.05, 0) is 7.05 Å². The van der Waals surface area contributed by atoms with Crippen molar-refractivity contribution in [2.75, 3.05) is 39.8 Å². The van der Waals surface area contributed by atoms with Crippen LogP contribution in [0.1, 0.15) is 0 Å². The lowest BCUT2D eigenvalue weighted by Crippen LogP contribution is -2.55. The lowest BCUT2D eigenvalue weighted by molar-refractivity contribution is 0.157. The summed E-state index contributed by atoms with van der Waals surface area (Å²) in [4.78, 5) is 2.37. The van der Waals surface area contributed by atoms with Crippen LogP contribution in [0.2, 0.25) is 0 Å². The second-order valence-corrected chi connectivity index (χ2v) is 2.83. The fourth-order valence-electron chi connectivity index (χ4n) is 1.44. The lowest BCUT2D eigenvalue weighted by atomic mass is 10.3. The van der Waals surface area contributed by atoms with Crippen molar-refractivity contribution in [2.24, 2.45) is 5.73 Å². The average Bonchev–Trinajstić information content (AvgIpc) is 2.09. The summed E-state index contributed by atoms with van der Waals surface area (Å²) in [7, 11) is 1.96. The Hall–Kier alpha value is -0.160. The molecule has 11 heavy (non-hydrogen) atoms. The largest absolute Gasteiger partial charge is 0.328 e. The first-order valence-corrected chi connectivity index (χ1v) is 4.20. The number of nitrogens with one attached hydrogen (secondary N) is 2. The maximum atomic E-state index is 5.59. The van der Waals surface area contributed by atoms with Crippen LogP contribution >= 0.6 is 0 Å². The van der Waals surface area contributed by atoms with Gasteiger partial charge in [0.2, 0.25) is 0 Å². The molecule has 0 amide bonds. The number of likely N-dealkylation sites (N-methyl/N-ethyl adjacent to an activating group) is 1. The van der Waals surface area contributed by atoms with Crippen LogP contribution in [0.25, 0.3) is 0 Å². The maximum absolute atomic E-state index is 5.59. The molecule has 0 aromatic carbocycles. The van der Waals surface area contributed by atoms with E-state index in [-0.39, 0.29) is 0 Å². The van der Waals surface area contributed by atoms with Crippen LogP contribution in [0.3, 0.4) is 0 Å². The highest BCUT2D eigenvalue weighted by molar-refractivity contribution is 4.74. The van der Waals surface area contributed by atoms with E-state index in [1.54, 1.807) is 0 Å². The predicted octanol–water partition coefficient (Wildman–Crippen LogP) is -1.60.